The lowest BCUT2D eigenvalue weighted by Gasteiger charge is -2.16. The van der Waals surface area contributed by atoms with Crippen molar-refractivity contribution < 1.29 is 12.6 Å². The highest BCUT2D eigenvalue weighted by Gasteiger charge is 2.30. The molecule has 5 heteroatoms. The fraction of sp³-hybridized carbons (Fsp3) is 1.00. The Morgan fingerprint density at radius 1 is 1.38 bits per heavy atom. The van der Waals surface area contributed by atoms with Crippen LogP contribution in [0.25, 0.3) is 0 Å². The van der Waals surface area contributed by atoms with Crippen molar-refractivity contribution in [3.63, 3.8) is 0 Å². The Hall–Kier alpha value is -0.130. The van der Waals surface area contributed by atoms with Gasteiger partial charge in [0.15, 0.2) is 0 Å². The molecule has 0 heterocycles. The molecule has 1 saturated carbocycles. The van der Waals surface area contributed by atoms with Crippen LogP contribution in [0.1, 0.15) is 26.7 Å². The van der Waals surface area contributed by atoms with Gasteiger partial charge in [-0.25, -0.2) is 5.14 Å². The Kier molecular flexibility index (Phi) is 3.32. The summed E-state index contributed by atoms with van der Waals surface area (Å²) in [6, 6.07) is 0. The van der Waals surface area contributed by atoms with Gasteiger partial charge >= 0.3 is 10.3 Å². The van der Waals surface area contributed by atoms with E-state index in [0.29, 0.717) is 17.8 Å². The van der Waals surface area contributed by atoms with Crippen LogP contribution in [0, 0.1) is 17.8 Å². The normalized spacial score (nSPS) is 35.2. The fourth-order valence-corrected chi connectivity index (χ4v) is 2.25. The molecule has 78 valence electrons. The summed E-state index contributed by atoms with van der Waals surface area (Å²) in [7, 11) is -3.75. The third-order valence-electron chi connectivity index (χ3n) is 3.08. The van der Waals surface area contributed by atoms with Gasteiger partial charge in [-0.2, -0.15) is 8.42 Å². The van der Waals surface area contributed by atoms with Crippen molar-refractivity contribution in [3.05, 3.63) is 0 Å². The first kappa shape index (κ1) is 10.9. The van der Waals surface area contributed by atoms with E-state index in [1.54, 1.807) is 0 Å². The van der Waals surface area contributed by atoms with E-state index in [-0.39, 0.29) is 6.61 Å². The van der Waals surface area contributed by atoms with Crippen LogP contribution in [0.2, 0.25) is 0 Å². The summed E-state index contributed by atoms with van der Waals surface area (Å²) in [4.78, 5) is 0. The molecular weight excluding hydrogens is 190 g/mol. The monoisotopic (exact) mass is 207 g/mol. The van der Waals surface area contributed by atoms with Gasteiger partial charge in [-0.3, -0.25) is 4.18 Å². The Morgan fingerprint density at radius 3 is 2.38 bits per heavy atom. The van der Waals surface area contributed by atoms with E-state index in [1.807, 2.05) is 0 Å². The summed E-state index contributed by atoms with van der Waals surface area (Å²) in [5.41, 5.74) is 0. The molecule has 1 aliphatic rings. The molecule has 0 radical (unpaired) electrons. The van der Waals surface area contributed by atoms with Crippen LogP contribution >= 0.6 is 0 Å². The SMILES string of the molecule is CC1CCC(COS(N)(=O)=O)C1C. The Bertz CT molecular complexity index is 263. The molecular formula is C8H17NO3S. The second-order valence-corrected chi connectivity index (χ2v) is 5.17. The van der Waals surface area contributed by atoms with Crippen molar-refractivity contribution in [3.8, 4) is 0 Å². The van der Waals surface area contributed by atoms with Gasteiger partial charge in [-0.1, -0.05) is 20.3 Å². The third-order valence-corrected chi connectivity index (χ3v) is 3.54. The zero-order valence-electron chi connectivity index (χ0n) is 8.06. The molecule has 13 heavy (non-hydrogen) atoms. The lowest BCUT2D eigenvalue weighted by Crippen LogP contribution is -2.22. The Balaban J connectivity index is 2.39. The number of nitrogens with two attached hydrogens (primary N) is 1. The summed E-state index contributed by atoms with van der Waals surface area (Å²) in [6.07, 6.45) is 2.19. The molecule has 0 spiro atoms. The maximum absolute atomic E-state index is 10.5. The molecule has 4 nitrogen and oxygen atoms in total. The molecule has 0 aliphatic heterocycles. The molecule has 0 aromatic carbocycles. The summed E-state index contributed by atoms with van der Waals surface area (Å²) in [5.74, 6) is 1.53. The molecule has 0 saturated heterocycles. The highest BCUT2D eigenvalue weighted by molar-refractivity contribution is 7.84. The number of hydrogen-bond donors (Lipinski definition) is 1. The van der Waals surface area contributed by atoms with E-state index in [0.717, 1.165) is 12.8 Å². The lowest BCUT2D eigenvalue weighted by atomic mass is 9.93. The summed E-state index contributed by atoms with van der Waals surface area (Å²) < 4.78 is 25.6. The molecule has 1 fully saturated rings. The summed E-state index contributed by atoms with van der Waals surface area (Å²) >= 11 is 0. The Labute approximate surface area is 79.7 Å². The van der Waals surface area contributed by atoms with Crippen molar-refractivity contribution in [1.29, 1.82) is 0 Å². The Morgan fingerprint density at radius 2 is 2.00 bits per heavy atom. The average molecular weight is 207 g/mol. The maximum atomic E-state index is 10.5. The van der Waals surface area contributed by atoms with Gasteiger partial charge in [0.05, 0.1) is 6.61 Å². The molecule has 0 bridgehead atoms. The lowest BCUT2D eigenvalue weighted by molar-refractivity contribution is 0.215. The van der Waals surface area contributed by atoms with Crippen LogP contribution in [-0.2, 0) is 14.5 Å². The third kappa shape index (κ3) is 3.25. The average Bonchev–Trinajstić information content (AvgIpc) is 2.29. The smallest absolute Gasteiger partial charge is 0.258 e. The quantitative estimate of drug-likeness (QED) is 0.747. The standard InChI is InChI=1S/C8H17NO3S/c1-6-3-4-8(7(6)2)5-12-13(9,10)11/h6-8H,3-5H2,1-2H3,(H2,9,10,11). The van der Waals surface area contributed by atoms with E-state index >= 15 is 0 Å². The second-order valence-electron chi connectivity index (χ2n) is 3.95. The van der Waals surface area contributed by atoms with E-state index in [2.05, 4.69) is 18.0 Å². The second kappa shape index (κ2) is 3.94. The first-order valence-electron chi connectivity index (χ1n) is 4.57. The van der Waals surface area contributed by atoms with Crippen LogP contribution in [0.3, 0.4) is 0 Å². The molecule has 0 aromatic rings. The zero-order valence-corrected chi connectivity index (χ0v) is 8.88. The fourth-order valence-electron chi connectivity index (χ4n) is 1.88. The zero-order chi connectivity index (χ0) is 10.1. The molecule has 1 aliphatic carbocycles. The largest absolute Gasteiger partial charge is 0.333 e. The number of hydrogen-bond acceptors (Lipinski definition) is 3. The van der Waals surface area contributed by atoms with Gasteiger partial charge in [-0.15, -0.1) is 0 Å². The van der Waals surface area contributed by atoms with Crippen molar-refractivity contribution in [2.45, 2.75) is 26.7 Å². The van der Waals surface area contributed by atoms with Gasteiger partial charge < -0.3 is 0 Å². The van der Waals surface area contributed by atoms with Crippen LogP contribution in [0.5, 0.6) is 0 Å². The van der Waals surface area contributed by atoms with Gasteiger partial charge in [0.2, 0.25) is 0 Å². The minimum absolute atomic E-state index is 0.240. The van der Waals surface area contributed by atoms with Crippen LogP contribution < -0.4 is 5.14 Å². The number of rotatable bonds is 3. The van der Waals surface area contributed by atoms with Crippen LogP contribution in [0.4, 0.5) is 0 Å². The minimum Gasteiger partial charge on any atom is -0.258 e. The first-order chi connectivity index (χ1) is 5.90. The first-order valence-corrected chi connectivity index (χ1v) is 6.04. The van der Waals surface area contributed by atoms with E-state index in [4.69, 9.17) is 5.14 Å². The van der Waals surface area contributed by atoms with Crippen molar-refractivity contribution >= 4 is 10.3 Å². The molecule has 2 N–H and O–H groups in total. The van der Waals surface area contributed by atoms with Crippen molar-refractivity contribution in [1.82, 2.24) is 0 Å². The van der Waals surface area contributed by atoms with Crippen molar-refractivity contribution in [2.75, 3.05) is 6.61 Å². The highest BCUT2D eigenvalue weighted by atomic mass is 32.2. The van der Waals surface area contributed by atoms with Gasteiger partial charge in [0.25, 0.3) is 0 Å². The maximum Gasteiger partial charge on any atom is 0.333 e. The molecule has 3 atom stereocenters. The van der Waals surface area contributed by atoms with Gasteiger partial charge in [0, 0.05) is 0 Å². The van der Waals surface area contributed by atoms with E-state index in [1.165, 1.54) is 0 Å². The molecule has 1 rings (SSSR count). The molecule has 3 unspecified atom stereocenters. The topological polar surface area (TPSA) is 69.4 Å². The predicted octanol–water partition coefficient (Wildman–Crippen LogP) is 0.889. The van der Waals surface area contributed by atoms with Crippen LogP contribution in [-0.4, -0.2) is 15.0 Å². The summed E-state index contributed by atoms with van der Waals surface area (Å²) in [5, 5.41) is 4.74. The van der Waals surface area contributed by atoms with Crippen LogP contribution in [0.15, 0.2) is 0 Å². The molecule has 0 amide bonds. The van der Waals surface area contributed by atoms with Gasteiger partial charge in [-0.05, 0) is 24.2 Å². The van der Waals surface area contributed by atoms with Crippen molar-refractivity contribution in [2.24, 2.45) is 22.9 Å². The summed E-state index contributed by atoms with van der Waals surface area (Å²) in [6.45, 7) is 4.56. The molecule has 0 aromatic heterocycles. The predicted molar refractivity (Wildman–Crippen MR) is 50.1 cm³/mol. The van der Waals surface area contributed by atoms with E-state index in [9.17, 15) is 8.42 Å². The minimum atomic E-state index is -3.75. The highest BCUT2D eigenvalue weighted by Crippen LogP contribution is 2.36. The van der Waals surface area contributed by atoms with Gasteiger partial charge in [0.1, 0.15) is 0 Å². The van der Waals surface area contributed by atoms with E-state index < -0.39 is 10.3 Å².